The van der Waals surface area contributed by atoms with Gasteiger partial charge in [0.2, 0.25) is 0 Å². The van der Waals surface area contributed by atoms with Gasteiger partial charge in [0.05, 0.1) is 11.3 Å². The molecule has 1 aromatic heterocycles. The monoisotopic (exact) mass is 138 g/mol. The predicted octanol–water partition coefficient (Wildman–Crippen LogP) is 1.58. The minimum atomic E-state index is 0.725. The molecule has 0 unspecified atom stereocenters. The molecule has 1 rings (SSSR count). The van der Waals surface area contributed by atoms with E-state index in [0.29, 0.717) is 0 Å². The van der Waals surface area contributed by atoms with Crippen LogP contribution >= 0.6 is 11.5 Å². The fraction of sp³-hybridized carbons (Fsp3) is 0.333. The van der Waals surface area contributed by atoms with Gasteiger partial charge in [-0.2, -0.15) is 9.64 Å². The van der Waals surface area contributed by atoms with E-state index in [2.05, 4.69) is 10.4 Å². The Hall–Kier alpha value is -0.880. The van der Waals surface area contributed by atoms with E-state index >= 15 is 0 Å². The lowest BCUT2D eigenvalue weighted by atomic mass is 10.2. The van der Waals surface area contributed by atoms with Crippen molar-refractivity contribution in [1.29, 1.82) is 5.26 Å². The maximum Gasteiger partial charge on any atom is 0.102 e. The number of aryl methyl sites for hydroxylation is 1. The highest BCUT2D eigenvalue weighted by Crippen LogP contribution is 2.08. The van der Waals surface area contributed by atoms with E-state index in [0.717, 1.165) is 17.7 Å². The van der Waals surface area contributed by atoms with Gasteiger partial charge >= 0.3 is 0 Å². The number of rotatable bonds is 1. The molecule has 0 spiro atoms. The van der Waals surface area contributed by atoms with Crippen molar-refractivity contribution in [1.82, 2.24) is 4.37 Å². The third-order valence-corrected chi connectivity index (χ3v) is 1.77. The molecule has 0 aliphatic rings. The number of nitriles is 1. The second-order valence-corrected chi connectivity index (χ2v) is 2.27. The highest BCUT2D eigenvalue weighted by Gasteiger charge is 1.99. The third kappa shape index (κ3) is 1.08. The van der Waals surface area contributed by atoms with Gasteiger partial charge in [-0.05, 0) is 18.0 Å². The summed E-state index contributed by atoms with van der Waals surface area (Å²) >= 11 is 1.34. The van der Waals surface area contributed by atoms with Crippen LogP contribution in [-0.2, 0) is 6.42 Å². The number of aromatic nitrogens is 1. The normalized spacial score (nSPS) is 8.89. The number of hydrogen-bond acceptors (Lipinski definition) is 3. The van der Waals surface area contributed by atoms with Gasteiger partial charge < -0.3 is 0 Å². The summed E-state index contributed by atoms with van der Waals surface area (Å²) in [6.45, 7) is 2.00. The molecule has 2 nitrogen and oxygen atoms in total. The van der Waals surface area contributed by atoms with Crippen molar-refractivity contribution >= 4 is 11.5 Å². The molecule has 0 saturated carbocycles. The van der Waals surface area contributed by atoms with Crippen LogP contribution in [0.25, 0.3) is 0 Å². The smallest absolute Gasteiger partial charge is 0.102 e. The summed E-state index contributed by atoms with van der Waals surface area (Å²) in [6, 6.07) is 2.07. The summed E-state index contributed by atoms with van der Waals surface area (Å²) in [4.78, 5) is 0. The molecular weight excluding hydrogens is 132 g/mol. The first kappa shape index (κ1) is 6.24. The zero-order chi connectivity index (χ0) is 6.69. The minimum absolute atomic E-state index is 0.725. The summed E-state index contributed by atoms with van der Waals surface area (Å²) in [5.41, 5.74) is 1.64. The summed E-state index contributed by atoms with van der Waals surface area (Å²) in [6.07, 6.45) is 0.854. The van der Waals surface area contributed by atoms with E-state index in [1.54, 1.807) is 5.38 Å². The van der Waals surface area contributed by atoms with Crippen molar-refractivity contribution in [2.24, 2.45) is 0 Å². The largest absolute Gasteiger partial charge is 0.196 e. The van der Waals surface area contributed by atoms with E-state index < -0.39 is 0 Å². The number of nitrogens with zero attached hydrogens (tertiary/aromatic N) is 2. The van der Waals surface area contributed by atoms with Crippen molar-refractivity contribution in [3.63, 3.8) is 0 Å². The van der Waals surface area contributed by atoms with Gasteiger partial charge in [0.1, 0.15) is 6.07 Å². The molecule has 1 aromatic rings. The number of hydrogen-bond donors (Lipinski definition) is 0. The molecule has 0 amide bonds. The van der Waals surface area contributed by atoms with Crippen molar-refractivity contribution in [2.45, 2.75) is 13.3 Å². The van der Waals surface area contributed by atoms with Gasteiger partial charge in [-0.15, -0.1) is 0 Å². The molecule has 0 aliphatic carbocycles. The van der Waals surface area contributed by atoms with Crippen LogP contribution in [0.1, 0.15) is 18.2 Å². The van der Waals surface area contributed by atoms with Gasteiger partial charge in [-0.1, -0.05) is 6.92 Å². The predicted molar refractivity (Wildman–Crippen MR) is 36.2 cm³/mol. The highest BCUT2D eigenvalue weighted by atomic mass is 32.1. The highest BCUT2D eigenvalue weighted by molar-refractivity contribution is 7.03. The van der Waals surface area contributed by atoms with Gasteiger partial charge in [0, 0.05) is 5.38 Å². The fourth-order valence-electron chi connectivity index (χ4n) is 0.606. The van der Waals surface area contributed by atoms with Crippen molar-refractivity contribution in [2.75, 3.05) is 0 Å². The van der Waals surface area contributed by atoms with Crippen LogP contribution in [0.4, 0.5) is 0 Å². The van der Waals surface area contributed by atoms with Gasteiger partial charge in [-0.25, -0.2) is 0 Å². The van der Waals surface area contributed by atoms with Crippen molar-refractivity contribution < 1.29 is 0 Å². The Morgan fingerprint density at radius 2 is 2.67 bits per heavy atom. The average molecular weight is 138 g/mol. The first-order valence-corrected chi connectivity index (χ1v) is 3.55. The van der Waals surface area contributed by atoms with Crippen LogP contribution in [0.2, 0.25) is 0 Å². The third-order valence-electron chi connectivity index (χ3n) is 1.10. The Morgan fingerprint density at radius 3 is 3.11 bits per heavy atom. The van der Waals surface area contributed by atoms with Gasteiger partial charge in [0.15, 0.2) is 0 Å². The van der Waals surface area contributed by atoms with Gasteiger partial charge in [-0.3, -0.25) is 0 Å². The van der Waals surface area contributed by atoms with E-state index in [-0.39, 0.29) is 0 Å². The Balaban J connectivity index is 3.02. The second-order valence-electron chi connectivity index (χ2n) is 1.64. The van der Waals surface area contributed by atoms with E-state index in [4.69, 9.17) is 5.26 Å². The molecule has 0 saturated heterocycles. The standard InChI is InChI=1S/C6H6N2S/c1-2-6-5(3-7)4-9-8-6/h4H,2H2,1H3. The quantitative estimate of drug-likeness (QED) is 0.590. The molecule has 0 radical (unpaired) electrons. The topological polar surface area (TPSA) is 36.7 Å². The van der Waals surface area contributed by atoms with Gasteiger partial charge in [0.25, 0.3) is 0 Å². The molecular formula is C6H6N2S. The summed E-state index contributed by atoms with van der Waals surface area (Å²) in [5, 5.41) is 10.2. The first-order valence-electron chi connectivity index (χ1n) is 2.71. The SMILES string of the molecule is CCc1nscc1C#N. The van der Waals surface area contributed by atoms with E-state index in [1.807, 2.05) is 6.92 Å². The van der Waals surface area contributed by atoms with Crippen molar-refractivity contribution in [3.8, 4) is 6.07 Å². The Morgan fingerprint density at radius 1 is 1.89 bits per heavy atom. The summed E-state index contributed by atoms with van der Waals surface area (Å²) < 4.78 is 4.02. The van der Waals surface area contributed by atoms with Crippen LogP contribution < -0.4 is 0 Å². The van der Waals surface area contributed by atoms with Crippen LogP contribution in [0.15, 0.2) is 5.38 Å². The molecule has 0 N–H and O–H groups in total. The zero-order valence-electron chi connectivity index (χ0n) is 5.09. The molecule has 0 aromatic carbocycles. The lowest BCUT2D eigenvalue weighted by Gasteiger charge is -1.83. The maximum atomic E-state index is 8.46. The van der Waals surface area contributed by atoms with Crippen LogP contribution in [0, 0.1) is 11.3 Å². The van der Waals surface area contributed by atoms with Crippen LogP contribution in [0.5, 0.6) is 0 Å². The molecule has 46 valence electrons. The molecule has 3 heteroatoms. The Kier molecular flexibility index (Phi) is 1.81. The zero-order valence-corrected chi connectivity index (χ0v) is 5.90. The average Bonchev–Trinajstić information content (AvgIpc) is 2.33. The molecule has 0 bridgehead atoms. The van der Waals surface area contributed by atoms with E-state index in [1.165, 1.54) is 11.5 Å². The van der Waals surface area contributed by atoms with Crippen LogP contribution in [-0.4, -0.2) is 4.37 Å². The Bertz CT molecular complexity index is 233. The lowest BCUT2D eigenvalue weighted by molar-refractivity contribution is 1.08. The second kappa shape index (κ2) is 2.60. The Labute approximate surface area is 57.9 Å². The fourth-order valence-corrected chi connectivity index (χ4v) is 1.31. The maximum absolute atomic E-state index is 8.46. The summed E-state index contributed by atoms with van der Waals surface area (Å²) in [7, 11) is 0. The molecule has 0 aliphatic heterocycles. The molecule has 9 heavy (non-hydrogen) atoms. The lowest BCUT2D eigenvalue weighted by Crippen LogP contribution is -1.81. The van der Waals surface area contributed by atoms with E-state index in [9.17, 15) is 0 Å². The summed E-state index contributed by atoms with van der Waals surface area (Å²) in [5.74, 6) is 0. The molecule has 0 atom stereocenters. The molecule has 0 fully saturated rings. The van der Waals surface area contributed by atoms with Crippen molar-refractivity contribution in [3.05, 3.63) is 16.6 Å². The first-order chi connectivity index (χ1) is 4.38. The minimum Gasteiger partial charge on any atom is -0.196 e. The van der Waals surface area contributed by atoms with Crippen LogP contribution in [0.3, 0.4) is 0 Å². The molecule has 1 heterocycles.